The third-order valence-corrected chi connectivity index (χ3v) is 3.47. The van der Waals surface area contributed by atoms with Crippen LogP contribution in [0.4, 0.5) is 10.1 Å². The van der Waals surface area contributed by atoms with Gasteiger partial charge in [0.05, 0.1) is 0 Å². The van der Waals surface area contributed by atoms with Crippen LogP contribution in [0.1, 0.15) is 36.5 Å². The molecule has 3 heteroatoms. The number of carbonyl (C=O) groups excluding carboxylic acids is 1. The van der Waals surface area contributed by atoms with Crippen LogP contribution in [0.2, 0.25) is 0 Å². The molecule has 2 nitrogen and oxygen atoms in total. The van der Waals surface area contributed by atoms with Crippen LogP contribution in [-0.4, -0.2) is 5.91 Å². The van der Waals surface area contributed by atoms with E-state index in [-0.39, 0.29) is 11.7 Å². The van der Waals surface area contributed by atoms with E-state index in [0.29, 0.717) is 5.92 Å². The van der Waals surface area contributed by atoms with Gasteiger partial charge in [-0.3, -0.25) is 4.79 Å². The van der Waals surface area contributed by atoms with Gasteiger partial charge in [0.2, 0.25) is 5.91 Å². The Hall–Kier alpha value is -2.42. The third kappa shape index (κ3) is 4.04. The van der Waals surface area contributed by atoms with Gasteiger partial charge in [-0.15, -0.1) is 0 Å². The first-order chi connectivity index (χ1) is 10.5. The molecule has 2 rings (SSSR count). The predicted octanol–water partition coefficient (Wildman–Crippen LogP) is 4.91. The predicted molar refractivity (Wildman–Crippen MR) is 89.3 cm³/mol. The zero-order chi connectivity index (χ0) is 16.1. The highest BCUT2D eigenvalue weighted by molar-refractivity contribution is 6.02. The fourth-order valence-corrected chi connectivity index (χ4v) is 2.25. The van der Waals surface area contributed by atoms with Crippen LogP contribution in [0.15, 0.2) is 48.5 Å². The molecule has 22 heavy (non-hydrogen) atoms. The number of hydrogen-bond donors (Lipinski definition) is 1. The number of rotatable bonds is 4. The number of para-hydroxylation sites is 1. The highest BCUT2D eigenvalue weighted by atomic mass is 19.1. The molecule has 0 saturated heterocycles. The van der Waals surface area contributed by atoms with E-state index in [4.69, 9.17) is 0 Å². The van der Waals surface area contributed by atoms with Gasteiger partial charge in [-0.1, -0.05) is 44.2 Å². The van der Waals surface area contributed by atoms with Crippen molar-refractivity contribution < 1.29 is 9.18 Å². The summed E-state index contributed by atoms with van der Waals surface area (Å²) in [6.45, 7) is 6.17. The fourth-order valence-electron chi connectivity index (χ4n) is 2.25. The maximum absolute atomic E-state index is 12.8. The minimum absolute atomic E-state index is 0.194. The molecular formula is C19H20FNO. The summed E-state index contributed by atoms with van der Waals surface area (Å²) >= 11 is 0. The summed E-state index contributed by atoms with van der Waals surface area (Å²) in [5, 5.41) is 2.94. The van der Waals surface area contributed by atoms with Crippen molar-refractivity contribution in [3.05, 3.63) is 71.0 Å². The topological polar surface area (TPSA) is 29.1 Å². The molecule has 0 fully saturated rings. The van der Waals surface area contributed by atoms with Crippen molar-refractivity contribution >= 4 is 17.7 Å². The quantitative estimate of drug-likeness (QED) is 0.798. The van der Waals surface area contributed by atoms with Crippen molar-refractivity contribution in [2.75, 3.05) is 5.32 Å². The smallest absolute Gasteiger partial charge is 0.248 e. The number of aryl methyl sites for hydroxylation is 1. The standard InChI is InChI=1S/C19H20FNO/c1-13(2)17-6-4-5-14(3)19(17)21-18(22)12-9-15-7-10-16(20)11-8-15/h4-13H,1-3H3,(H,21,22)/b12-9+. The average molecular weight is 297 g/mol. The normalized spacial score (nSPS) is 11.1. The summed E-state index contributed by atoms with van der Waals surface area (Å²) in [5.41, 5.74) is 3.80. The van der Waals surface area contributed by atoms with Gasteiger partial charge in [0.15, 0.2) is 0 Å². The summed E-state index contributed by atoms with van der Waals surface area (Å²) < 4.78 is 12.8. The van der Waals surface area contributed by atoms with E-state index < -0.39 is 0 Å². The molecule has 0 radical (unpaired) electrons. The molecule has 2 aromatic carbocycles. The summed E-state index contributed by atoms with van der Waals surface area (Å²) in [4.78, 5) is 12.1. The molecule has 2 aromatic rings. The lowest BCUT2D eigenvalue weighted by Crippen LogP contribution is -2.11. The van der Waals surface area contributed by atoms with E-state index in [2.05, 4.69) is 19.2 Å². The van der Waals surface area contributed by atoms with Crippen LogP contribution in [0, 0.1) is 12.7 Å². The van der Waals surface area contributed by atoms with Crippen molar-refractivity contribution in [2.24, 2.45) is 0 Å². The maximum Gasteiger partial charge on any atom is 0.248 e. The lowest BCUT2D eigenvalue weighted by atomic mass is 9.98. The molecule has 0 aliphatic rings. The van der Waals surface area contributed by atoms with E-state index in [1.54, 1.807) is 18.2 Å². The molecule has 0 aromatic heterocycles. The highest BCUT2D eigenvalue weighted by Gasteiger charge is 2.10. The SMILES string of the molecule is Cc1cccc(C(C)C)c1NC(=O)/C=C/c1ccc(F)cc1. The van der Waals surface area contributed by atoms with E-state index in [9.17, 15) is 9.18 Å². The molecule has 0 spiro atoms. The van der Waals surface area contributed by atoms with Crippen LogP contribution in [-0.2, 0) is 4.79 Å². The lowest BCUT2D eigenvalue weighted by Gasteiger charge is -2.15. The molecule has 0 aliphatic carbocycles. The zero-order valence-electron chi connectivity index (χ0n) is 13.1. The number of hydrogen-bond acceptors (Lipinski definition) is 1. The monoisotopic (exact) mass is 297 g/mol. The van der Waals surface area contributed by atoms with Crippen LogP contribution in [0.5, 0.6) is 0 Å². The second kappa shape index (κ2) is 7.03. The molecule has 0 heterocycles. The summed E-state index contributed by atoms with van der Waals surface area (Å²) in [6.07, 6.45) is 3.13. The Labute approximate surface area is 130 Å². The Morgan fingerprint density at radius 1 is 1.14 bits per heavy atom. The van der Waals surface area contributed by atoms with Gasteiger partial charge >= 0.3 is 0 Å². The summed E-state index contributed by atoms with van der Waals surface area (Å²) in [7, 11) is 0. The first-order valence-corrected chi connectivity index (χ1v) is 7.31. The van der Waals surface area contributed by atoms with Crippen molar-refractivity contribution in [3.63, 3.8) is 0 Å². The lowest BCUT2D eigenvalue weighted by molar-refractivity contribution is -0.111. The van der Waals surface area contributed by atoms with Gasteiger partial charge in [-0.25, -0.2) is 4.39 Å². The Morgan fingerprint density at radius 2 is 1.82 bits per heavy atom. The minimum Gasteiger partial charge on any atom is -0.322 e. The Kier molecular flexibility index (Phi) is 5.10. The van der Waals surface area contributed by atoms with Gasteiger partial charge < -0.3 is 5.32 Å². The van der Waals surface area contributed by atoms with Crippen molar-refractivity contribution in [1.29, 1.82) is 0 Å². The van der Waals surface area contributed by atoms with Gasteiger partial charge in [-0.2, -0.15) is 0 Å². The van der Waals surface area contributed by atoms with E-state index >= 15 is 0 Å². The van der Waals surface area contributed by atoms with E-state index in [0.717, 1.165) is 22.4 Å². The minimum atomic E-state index is -0.289. The molecule has 0 atom stereocenters. The summed E-state index contributed by atoms with van der Waals surface area (Å²) in [6, 6.07) is 12.0. The number of halogens is 1. The third-order valence-electron chi connectivity index (χ3n) is 3.47. The Bertz CT molecular complexity index is 687. The van der Waals surface area contributed by atoms with Crippen molar-refractivity contribution in [1.82, 2.24) is 0 Å². The van der Waals surface area contributed by atoms with Crippen LogP contribution in [0.25, 0.3) is 6.08 Å². The highest BCUT2D eigenvalue weighted by Crippen LogP contribution is 2.27. The number of benzene rings is 2. The van der Waals surface area contributed by atoms with Crippen LogP contribution < -0.4 is 5.32 Å². The molecule has 0 aliphatic heterocycles. The number of nitrogens with one attached hydrogen (secondary N) is 1. The van der Waals surface area contributed by atoms with Crippen LogP contribution in [0.3, 0.4) is 0 Å². The Morgan fingerprint density at radius 3 is 2.45 bits per heavy atom. The molecule has 0 saturated carbocycles. The van der Waals surface area contributed by atoms with Gasteiger partial charge in [0.1, 0.15) is 5.82 Å². The molecule has 0 unspecified atom stereocenters. The van der Waals surface area contributed by atoms with Gasteiger partial charge in [0, 0.05) is 11.8 Å². The average Bonchev–Trinajstić information content (AvgIpc) is 2.48. The van der Waals surface area contributed by atoms with E-state index in [1.165, 1.54) is 18.2 Å². The second-order valence-corrected chi connectivity index (χ2v) is 5.57. The molecular weight excluding hydrogens is 277 g/mol. The zero-order valence-corrected chi connectivity index (χ0v) is 13.1. The first kappa shape index (κ1) is 16.0. The molecule has 0 bridgehead atoms. The molecule has 1 N–H and O–H groups in total. The number of carbonyl (C=O) groups is 1. The molecule has 114 valence electrons. The molecule has 1 amide bonds. The van der Waals surface area contributed by atoms with Crippen molar-refractivity contribution in [2.45, 2.75) is 26.7 Å². The van der Waals surface area contributed by atoms with Gasteiger partial charge in [-0.05, 0) is 47.7 Å². The Balaban J connectivity index is 2.14. The van der Waals surface area contributed by atoms with E-state index in [1.807, 2.05) is 25.1 Å². The van der Waals surface area contributed by atoms with Crippen LogP contribution >= 0.6 is 0 Å². The van der Waals surface area contributed by atoms with Crippen molar-refractivity contribution in [3.8, 4) is 0 Å². The number of anilines is 1. The van der Waals surface area contributed by atoms with Gasteiger partial charge in [0.25, 0.3) is 0 Å². The largest absolute Gasteiger partial charge is 0.322 e. The summed E-state index contributed by atoms with van der Waals surface area (Å²) in [5.74, 6) is -0.153. The fraction of sp³-hybridized carbons (Fsp3) is 0.211. The maximum atomic E-state index is 12.8. The first-order valence-electron chi connectivity index (χ1n) is 7.31. The second-order valence-electron chi connectivity index (χ2n) is 5.57. The number of amides is 1.